The fraction of sp³-hybridized carbons (Fsp3) is 0.385. The molecule has 0 radical (unpaired) electrons. The van der Waals surface area contributed by atoms with Gasteiger partial charge in [0.2, 0.25) is 5.89 Å². The molecule has 0 fully saturated rings. The van der Waals surface area contributed by atoms with Crippen molar-refractivity contribution in [2.75, 3.05) is 11.9 Å². The van der Waals surface area contributed by atoms with E-state index in [2.05, 4.69) is 27.8 Å². The Kier molecular flexibility index (Phi) is 4.46. The minimum atomic E-state index is -0.344. The fourth-order valence-corrected chi connectivity index (χ4v) is 1.58. The van der Waals surface area contributed by atoms with Crippen LogP contribution >= 0.6 is 0 Å². The van der Waals surface area contributed by atoms with E-state index in [4.69, 9.17) is 4.42 Å². The molecule has 102 valence electrons. The van der Waals surface area contributed by atoms with Gasteiger partial charge >= 0.3 is 6.01 Å². The molecular weight excluding hydrogens is 247 g/mol. The standard InChI is InChI=1S/C13H17FN4O/c1-3-6-15-8-12-17-18-13(19-12)16-11-5-4-9(2)7-10(11)14/h4-5,7,15H,3,6,8H2,1-2H3,(H,16,18). The number of hydrogen-bond acceptors (Lipinski definition) is 5. The van der Waals surface area contributed by atoms with Gasteiger partial charge in [-0.2, -0.15) is 0 Å². The first kappa shape index (κ1) is 13.5. The molecule has 5 nitrogen and oxygen atoms in total. The van der Waals surface area contributed by atoms with Gasteiger partial charge in [-0.25, -0.2) is 4.39 Å². The van der Waals surface area contributed by atoms with Gasteiger partial charge in [-0.3, -0.25) is 0 Å². The van der Waals surface area contributed by atoms with Gasteiger partial charge in [-0.15, -0.1) is 5.10 Å². The summed E-state index contributed by atoms with van der Waals surface area (Å²) in [5.74, 6) is 0.132. The number of aromatic nitrogens is 2. The number of nitrogens with zero attached hydrogens (tertiary/aromatic N) is 2. The minimum absolute atomic E-state index is 0.191. The van der Waals surface area contributed by atoms with Crippen molar-refractivity contribution in [3.05, 3.63) is 35.5 Å². The molecule has 2 rings (SSSR count). The Bertz CT molecular complexity index is 541. The second-order valence-electron chi connectivity index (χ2n) is 4.29. The third kappa shape index (κ3) is 3.75. The maximum atomic E-state index is 13.6. The number of halogens is 1. The summed E-state index contributed by atoms with van der Waals surface area (Å²) in [4.78, 5) is 0. The molecule has 0 atom stereocenters. The van der Waals surface area contributed by atoms with Crippen LogP contribution in [-0.4, -0.2) is 16.7 Å². The molecule has 0 aliphatic heterocycles. The lowest BCUT2D eigenvalue weighted by Crippen LogP contribution is -2.13. The number of nitrogens with one attached hydrogen (secondary N) is 2. The lowest BCUT2D eigenvalue weighted by Gasteiger charge is -2.03. The van der Waals surface area contributed by atoms with E-state index in [9.17, 15) is 4.39 Å². The van der Waals surface area contributed by atoms with Crippen molar-refractivity contribution < 1.29 is 8.81 Å². The molecule has 0 saturated heterocycles. The highest BCUT2D eigenvalue weighted by Crippen LogP contribution is 2.19. The predicted molar refractivity (Wildman–Crippen MR) is 70.7 cm³/mol. The van der Waals surface area contributed by atoms with E-state index >= 15 is 0 Å². The molecule has 2 N–H and O–H groups in total. The third-order valence-electron chi connectivity index (χ3n) is 2.54. The molecule has 0 unspecified atom stereocenters. The highest BCUT2D eigenvalue weighted by atomic mass is 19.1. The predicted octanol–water partition coefficient (Wildman–Crippen LogP) is 2.76. The van der Waals surface area contributed by atoms with Crippen LogP contribution in [0.5, 0.6) is 0 Å². The van der Waals surface area contributed by atoms with Gasteiger partial charge < -0.3 is 15.1 Å². The largest absolute Gasteiger partial charge is 0.406 e. The molecule has 0 bridgehead atoms. The summed E-state index contributed by atoms with van der Waals surface area (Å²) in [6, 6.07) is 5.09. The van der Waals surface area contributed by atoms with Crippen molar-refractivity contribution in [3.8, 4) is 0 Å². The van der Waals surface area contributed by atoms with Crippen LogP contribution in [0.15, 0.2) is 22.6 Å². The highest BCUT2D eigenvalue weighted by Gasteiger charge is 2.08. The second kappa shape index (κ2) is 6.29. The molecule has 0 aliphatic carbocycles. The minimum Gasteiger partial charge on any atom is -0.406 e. The van der Waals surface area contributed by atoms with Crippen LogP contribution in [0, 0.1) is 12.7 Å². The molecule has 0 aliphatic rings. The summed E-state index contributed by atoms with van der Waals surface area (Å²) < 4.78 is 19.0. The molecule has 0 amide bonds. The zero-order valence-corrected chi connectivity index (χ0v) is 11.0. The summed E-state index contributed by atoms with van der Waals surface area (Å²) in [5.41, 5.74) is 1.18. The number of hydrogen-bond donors (Lipinski definition) is 2. The smallest absolute Gasteiger partial charge is 0.320 e. The first-order chi connectivity index (χ1) is 9.19. The fourth-order valence-electron chi connectivity index (χ4n) is 1.58. The maximum Gasteiger partial charge on any atom is 0.320 e. The van der Waals surface area contributed by atoms with Gasteiger partial charge in [0.15, 0.2) is 0 Å². The maximum absolute atomic E-state index is 13.6. The van der Waals surface area contributed by atoms with Crippen LogP contribution in [0.4, 0.5) is 16.1 Å². The van der Waals surface area contributed by atoms with Crippen molar-refractivity contribution in [1.82, 2.24) is 15.5 Å². The van der Waals surface area contributed by atoms with Gasteiger partial charge in [-0.1, -0.05) is 18.1 Å². The Morgan fingerprint density at radius 2 is 2.16 bits per heavy atom. The summed E-state index contributed by atoms with van der Waals surface area (Å²) in [6.45, 7) is 5.31. The van der Waals surface area contributed by atoms with Gasteiger partial charge in [0, 0.05) is 0 Å². The Morgan fingerprint density at radius 1 is 1.32 bits per heavy atom. The summed E-state index contributed by atoms with van der Waals surface area (Å²) >= 11 is 0. The Labute approximate surface area is 111 Å². The molecule has 6 heteroatoms. The quantitative estimate of drug-likeness (QED) is 0.785. The van der Waals surface area contributed by atoms with Crippen molar-refractivity contribution in [3.63, 3.8) is 0 Å². The second-order valence-corrected chi connectivity index (χ2v) is 4.29. The molecule has 0 saturated carbocycles. The lowest BCUT2D eigenvalue weighted by molar-refractivity contribution is 0.479. The van der Waals surface area contributed by atoms with Crippen LogP contribution < -0.4 is 10.6 Å². The zero-order chi connectivity index (χ0) is 13.7. The van der Waals surface area contributed by atoms with Gasteiger partial charge in [-0.05, 0) is 37.6 Å². The number of anilines is 2. The van der Waals surface area contributed by atoms with E-state index in [0.29, 0.717) is 18.1 Å². The Balaban J connectivity index is 1.99. The van der Waals surface area contributed by atoms with Gasteiger partial charge in [0.05, 0.1) is 12.2 Å². The number of rotatable bonds is 6. The highest BCUT2D eigenvalue weighted by molar-refractivity contribution is 5.53. The van der Waals surface area contributed by atoms with Crippen molar-refractivity contribution >= 4 is 11.7 Å². The average Bonchev–Trinajstić information content (AvgIpc) is 2.81. The van der Waals surface area contributed by atoms with Crippen LogP contribution in [-0.2, 0) is 6.54 Å². The van der Waals surface area contributed by atoms with Crippen LogP contribution in [0.3, 0.4) is 0 Å². The Morgan fingerprint density at radius 3 is 2.89 bits per heavy atom. The summed E-state index contributed by atoms with van der Waals surface area (Å²) in [7, 11) is 0. The molecule has 2 aromatic rings. The summed E-state index contributed by atoms with van der Waals surface area (Å²) in [5, 5.41) is 13.6. The van der Waals surface area contributed by atoms with Crippen LogP contribution in [0.25, 0.3) is 0 Å². The van der Waals surface area contributed by atoms with E-state index < -0.39 is 0 Å². The average molecular weight is 264 g/mol. The van der Waals surface area contributed by atoms with E-state index in [1.54, 1.807) is 6.07 Å². The monoisotopic (exact) mass is 264 g/mol. The van der Waals surface area contributed by atoms with Gasteiger partial charge in [0.1, 0.15) is 5.82 Å². The van der Waals surface area contributed by atoms with E-state index in [-0.39, 0.29) is 11.8 Å². The van der Waals surface area contributed by atoms with E-state index in [1.165, 1.54) is 6.07 Å². The summed E-state index contributed by atoms with van der Waals surface area (Å²) in [6.07, 6.45) is 1.04. The SMILES string of the molecule is CCCNCc1nnc(Nc2ccc(C)cc2F)o1. The van der Waals surface area contributed by atoms with Crippen LogP contribution in [0.1, 0.15) is 24.8 Å². The molecule has 1 heterocycles. The number of benzene rings is 1. The normalized spacial score (nSPS) is 10.7. The molecule has 1 aromatic carbocycles. The molecular formula is C13H17FN4O. The van der Waals surface area contributed by atoms with Crippen LogP contribution in [0.2, 0.25) is 0 Å². The third-order valence-corrected chi connectivity index (χ3v) is 2.54. The van der Waals surface area contributed by atoms with Crippen molar-refractivity contribution in [2.45, 2.75) is 26.8 Å². The number of aryl methyl sites for hydroxylation is 1. The van der Waals surface area contributed by atoms with Gasteiger partial charge in [0.25, 0.3) is 0 Å². The van der Waals surface area contributed by atoms with E-state index in [0.717, 1.165) is 18.5 Å². The Hall–Kier alpha value is -1.95. The van der Waals surface area contributed by atoms with Crippen molar-refractivity contribution in [2.24, 2.45) is 0 Å². The molecule has 0 spiro atoms. The topological polar surface area (TPSA) is 63.0 Å². The zero-order valence-electron chi connectivity index (χ0n) is 11.0. The molecule has 19 heavy (non-hydrogen) atoms. The van der Waals surface area contributed by atoms with E-state index in [1.807, 2.05) is 13.0 Å². The molecule has 1 aromatic heterocycles. The van der Waals surface area contributed by atoms with Crippen molar-refractivity contribution in [1.29, 1.82) is 0 Å². The first-order valence-corrected chi connectivity index (χ1v) is 6.25. The lowest BCUT2D eigenvalue weighted by atomic mass is 10.2. The first-order valence-electron chi connectivity index (χ1n) is 6.25.